The normalized spacial score (nSPS) is 12.1. The first kappa shape index (κ1) is 13.7. The van der Waals surface area contributed by atoms with Crippen LogP contribution >= 0.6 is 11.3 Å². The second-order valence-corrected chi connectivity index (χ2v) is 5.48. The standard InChI is InChI=1S/C14H17N3OS/c1-3-13-16-17-14(19-13)15-12(18)9-10(2)11-7-5-4-6-8-11/h4-8,10H,3,9H2,1-2H3,(H,15,17,18). The van der Waals surface area contributed by atoms with Crippen molar-refractivity contribution in [3.8, 4) is 0 Å². The Bertz CT molecular complexity index is 539. The van der Waals surface area contributed by atoms with Crippen molar-refractivity contribution < 1.29 is 4.79 Å². The van der Waals surface area contributed by atoms with E-state index in [0.717, 1.165) is 11.4 Å². The molecule has 1 atom stereocenters. The Morgan fingerprint density at radius 2 is 2.05 bits per heavy atom. The molecule has 0 bridgehead atoms. The van der Waals surface area contributed by atoms with Gasteiger partial charge >= 0.3 is 0 Å². The Labute approximate surface area is 116 Å². The maximum Gasteiger partial charge on any atom is 0.226 e. The van der Waals surface area contributed by atoms with Crippen molar-refractivity contribution in [2.45, 2.75) is 32.6 Å². The Morgan fingerprint density at radius 1 is 1.32 bits per heavy atom. The fourth-order valence-corrected chi connectivity index (χ4v) is 2.49. The molecule has 1 N–H and O–H groups in total. The molecule has 0 spiro atoms. The van der Waals surface area contributed by atoms with Crippen LogP contribution < -0.4 is 5.32 Å². The molecular weight excluding hydrogens is 258 g/mol. The molecule has 0 aliphatic rings. The minimum Gasteiger partial charge on any atom is -0.301 e. The molecule has 0 fully saturated rings. The lowest BCUT2D eigenvalue weighted by molar-refractivity contribution is -0.116. The number of hydrogen-bond donors (Lipinski definition) is 1. The minimum absolute atomic E-state index is 0.0184. The average molecular weight is 275 g/mol. The third-order valence-corrected chi connectivity index (χ3v) is 3.86. The van der Waals surface area contributed by atoms with E-state index in [0.29, 0.717) is 11.6 Å². The van der Waals surface area contributed by atoms with E-state index in [9.17, 15) is 4.79 Å². The lowest BCUT2D eigenvalue weighted by atomic mass is 9.98. The van der Waals surface area contributed by atoms with Crippen LogP contribution in [-0.2, 0) is 11.2 Å². The number of nitrogens with one attached hydrogen (secondary N) is 1. The molecule has 1 unspecified atom stereocenters. The van der Waals surface area contributed by atoms with Gasteiger partial charge in [-0.15, -0.1) is 10.2 Å². The third-order valence-electron chi connectivity index (χ3n) is 2.88. The average Bonchev–Trinajstić information content (AvgIpc) is 2.87. The highest BCUT2D eigenvalue weighted by atomic mass is 32.1. The molecule has 1 aromatic heterocycles. The molecule has 5 heteroatoms. The van der Waals surface area contributed by atoms with Crippen molar-refractivity contribution in [2.75, 3.05) is 5.32 Å². The van der Waals surface area contributed by atoms with Gasteiger partial charge < -0.3 is 5.32 Å². The predicted octanol–water partition coefficient (Wildman–Crippen LogP) is 3.23. The smallest absolute Gasteiger partial charge is 0.226 e. The van der Waals surface area contributed by atoms with Crippen LogP contribution in [0.25, 0.3) is 0 Å². The summed E-state index contributed by atoms with van der Waals surface area (Å²) in [5, 5.41) is 12.2. The van der Waals surface area contributed by atoms with Gasteiger partial charge in [0.1, 0.15) is 5.01 Å². The van der Waals surface area contributed by atoms with E-state index >= 15 is 0 Å². The Hall–Kier alpha value is -1.75. The summed E-state index contributed by atoms with van der Waals surface area (Å²) in [6.45, 7) is 4.07. The summed E-state index contributed by atoms with van der Waals surface area (Å²) in [4.78, 5) is 11.9. The van der Waals surface area contributed by atoms with Gasteiger partial charge in [0.05, 0.1) is 0 Å². The molecule has 19 heavy (non-hydrogen) atoms. The number of carbonyl (C=O) groups excluding carboxylic acids is 1. The van der Waals surface area contributed by atoms with E-state index in [1.54, 1.807) is 0 Å². The van der Waals surface area contributed by atoms with E-state index in [-0.39, 0.29) is 11.8 Å². The first-order chi connectivity index (χ1) is 9.19. The highest BCUT2D eigenvalue weighted by Gasteiger charge is 2.12. The summed E-state index contributed by atoms with van der Waals surface area (Å²) in [7, 11) is 0. The molecule has 0 saturated heterocycles. The minimum atomic E-state index is -0.0184. The van der Waals surface area contributed by atoms with Gasteiger partial charge in [0, 0.05) is 6.42 Å². The summed E-state index contributed by atoms with van der Waals surface area (Å²) in [5.41, 5.74) is 1.17. The van der Waals surface area contributed by atoms with Gasteiger partial charge in [-0.1, -0.05) is 55.5 Å². The van der Waals surface area contributed by atoms with E-state index in [1.807, 2.05) is 44.2 Å². The Balaban J connectivity index is 1.91. The maximum absolute atomic E-state index is 11.9. The molecule has 1 aromatic carbocycles. The number of benzene rings is 1. The van der Waals surface area contributed by atoms with E-state index < -0.39 is 0 Å². The Morgan fingerprint density at radius 3 is 2.68 bits per heavy atom. The number of aromatic nitrogens is 2. The fourth-order valence-electron chi connectivity index (χ4n) is 1.79. The summed E-state index contributed by atoms with van der Waals surface area (Å²) in [5.74, 6) is 0.176. The quantitative estimate of drug-likeness (QED) is 0.911. The van der Waals surface area contributed by atoms with Crippen molar-refractivity contribution in [3.05, 3.63) is 40.9 Å². The SMILES string of the molecule is CCc1nnc(NC(=O)CC(C)c2ccccc2)s1. The molecule has 2 aromatic rings. The van der Waals surface area contributed by atoms with E-state index in [4.69, 9.17) is 0 Å². The lowest BCUT2D eigenvalue weighted by Crippen LogP contribution is -2.14. The van der Waals surface area contributed by atoms with Crippen LogP contribution in [0.5, 0.6) is 0 Å². The van der Waals surface area contributed by atoms with Crippen LogP contribution in [0.3, 0.4) is 0 Å². The molecule has 0 radical (unpaired) electrons. The van der Waals surface area contributed by atoms with Crippen LogP contribution in [0.4, 0.5) is 5.13 Å². The van der Waals surface area contributed by atoms with Crippen LogP contribution in [0.15, 0.2) is 30.3 Å². The first-order valence-corrected chi connectivity index (χ1v) is 7.18. The second kappa shape index (κ2) is 6.43. The summed E-state index contributed by atoms with van der Waals surface area (Å²) >= 11 is 1.43. The van der Waals surface area contributed by atoms with Crippen molar-refractivity contribution in [1.29, 1.82) is 0 Å². The van der Waals surface area contributed by atoms with Gasteiger partial charge in [0.2, 0.25) is 11.0 Å². The van der Waals surface area contributed by atoms with Crippen LogP contribution in [0.2, 0.25) is 0 Å². The van der Waals surface area contributed by atoms with Crippen molar-refractivity contribution in [3.63, 3.8) is 0 Å². The van der Waals surface area contributed by atoms with E-state index in [1.165, 1.54) is 16.9 Å². The van der Waals surface area contributed by atoms with Gasteiger partial charge in [0.25, 0.3) is 0 Å². The third kappa shape index (κ3) is 3.86. The summed E-state index contributed by atoms with van der Waals surface area (Å²) in [6.07, 6.45) is 1.29. The van der Waals surface area contributed by atoms with Crippen molar-refractivity contribution in [1.82, 2.24) is 10.2 Å². The molecule has 2 rings (SSSR count). The zero-order valence-corrected chi connectivity index (χ0v) is 11.9. The highest BCUT2D eigenvalue weighted by molar-refractivity contribution is 7.15. The molecule has 0 saturated carbocycles. The van der Waals surface area contributed by atoms with Gasteiger partial charge in [-0.25, -0.2) is 0 Å². The van der Waals surface area contributed by atoms with Crippen LogP contribution in [-0.4, -0.2) is 16.1 Å². The summed E-state index contributed by atoms with van der Waals surface area (Å²) in [6, 6.07) is 10.0. The number of nitrogens with zero attached hydrogens (tertiary/aromatic N) is 2. The van der Waals surface area contributed by atoms with Crippen LogP contribution in [0, 0.1) is 0 Å². The predicted molar refractivity (Wildman–Crippen MR) is 77.4 cm³/mol. The zero-order valence-electron chi connectivity index (χ0n) is 11.1. The number of anilines is 1. The van der Waals surface area contributed by atoms with Gasteiger partial charge in [-0.05, 0) is 17.9 Å². The molecule has 4 nitrogen and oxygen atoms in total. The van der Waals surface area contributed by atoms with Gasteiger partial charge in [-0.2, -0.15) is 0 Å². The van der Waals surface area contributed by atoms with Gasteiger partial charge in [0.15, 0.2) is 0 Å². The van der Waals surface area contributed by atoms with Crippen LogP contribution in [0.1, 0.15) is 36.8 Å². The van der Waals surface area contributed by atoms with Crippen molar-refractivity contribution in [2.24, 2.45) is 0 Å². The first-order valence-electron chi connectivity index (χ1n) is 6.36. The number of rotatable bonds is 5. The zero-order chi connectivity index (χ0) is 13.7. The van der Waals surface area contributed by atoms with Gasteiger partial charge in [-0.3, -0.25) is 4.79 Å². The highest BCUT2D eigenvalue weighted by Crippen LogP contribution is 2.20. The molecule has 1 amide bonds. The molecule has 100 valence electrons. The number of amides is 1. The molecular formula is C14H17N3OS. The molecule has 1 heterocycles. The van der Waals surface area contributed by atoms with E-state index in [2.05, 4.69) is 15.5 Å². The topological polar surface area (TPSA) is 54.9 Å². The molecule has 0 aliphatic heterocycles. The summed E-state index contributed by atoms with van der Waals surface area (Å²) < 4.78 is 0. The maximum atomic E-state index is 11.9. The fraction of sp³-hybridized carbons (Fsp3) is 0.357. The number of aryl methyl sites for hydroxylation is 1. The molecule has 0 aliphatic carbocycles. The number of carbonyl (C=O) groups is 1. The monoisotopic (exact) mass is 275 g/mol. The lowest BCUT2D eigenvalue weighted by Gasteiger charge is -2.10. The number of hydrogen-bond acceptors (Lipinski definition) is 4. The second-order valence-electron chi connectivity index (χ2n) is 4.42. The Kier molecular flexibility index (Phi) is 4.63. The largest absolute Gasteiger partial charge is 0.301 e. The van der Waals surface area contributed by atoms with Crippen molar-refractivity contribution >= 4 is 22.4 Å².